The van der Waals surface area contributed by atoms with Crippen LogP contribution in [0.3, 0.4) is 0 Å². The fourth-order valence-electron chi connectivity index (χ4n) is 2.46. The van der Waals surface area contributed by atoms with E-state index in [0.717, 1.165) is 0 Å². The van der Waals surface area contributed by atoms with Crippen molar-refractivity contribution in [3.8, 4) is 17.6 Å². The summed E-state index contributed by atoms with van der Waals surface area (Å²) in [4.78, 5) is 23.9. The molecule has 0 fully saturated rings. The van der Waals surface area contributed by atoms with Gasteiger partial charge in [-0.3, -0.25) is 9.59 Å². The first-order chi connectivity index (χ1) is 12.5. The third kappa shape index (κ3) is 3.08. The molecule has 0 atom stereocenters. The Morgan fingerprint density at radius 2 is 1.69 bits per heavy atom. The summed E-state index contributed by atoms with van der Waals surface area (Å²) in [6.07, 6.45) is 0. The number of anilines is 4. The highest BCUT2D eigenvalue weighted by molar-refractivity contribution is 5.84. The second-order valence-electron chi connectivity index (χ2n) is 5.43. The molecule has 3 rings (SSSR count). The van der Waals surface area contributed by atoms with E-state index in [4.69, 9.17) is 10.00 Å². The van der Waals surface area contributed by atoms with Gasteiger partial charge >= 0.3 is 0 Å². The van der Waals surface area contributed by atoms with Gasteiger partial charge in [-0.1, -0.05) is 12.1 Å². The summed E-state index contributed by atoms with van der Waals surface area (Å²) in [7, 11) is 0. The number of hydrogen-bond donors (Lipinski definition) is 3. The summed E-state index contributed by atoms with van der Waals surface area (Å²) in [5, 5.41) is 24.5. The van der Waals surface area contributed by atoms with Gasteiger partial charge in [0.15, 0.2) is 0 Å². The van der Waals surface area contributed by atoms with Crippen molar-refractivity contribution in [1.82, 2.24) is 0 Å². The number of hydrogen-bond acceptors (Lipinski definition) is 7. The minimum Gasteiger partial charge on any atom is -0.506 e. The van der Waals surface area contributed by atoms with Gasteiger partial charge in [0.2, 0.25) is 0 Å². The Kier molecular flexibility index (Phi) is 4.58. The normalized spacial score (nSPS) is 10.3. The molecule has 0 aliphatic heterocycles. The Balaban J connectivity index is 1.91. The molecule has 0 spiro atoms. The summed E-state index contributed by atoms with van der Waals surface area (Å²) in [5.74, 6) is 0.355. The van der Waals surface area contributed by atoms with Gasteiger partial charge in [-0.15, -0.1) is 0 Å². The predicted octanol–water partition coefficient (Wildman–Crippen LogP) is 2.75. The van der Waals surface area contributed by atoms with Crippen molar-refractivity contribution in [2.45, 2.75) is 6.92 Å². The lowest BCUT2D eigenvalue weighted by atomic mass is 10.1. The largest absolute Gasteiger partial charge is 0.506 e. The van der Waals surface area contributed by atoms with E-state index in [-0.39, 0.29) is 28.4 Å². The molecule has 0 aliphatic rings. The number of benzene rings is 2. The third-order valence-electron chi connectivity index (χ3n) is 3.74. The standard InChI is InChI=1S/C19H15N3O4/c1-2-26-15-6-4-3-5-13(15)22-17-16(18(24)19(17)25)21-12-8-7-11(10-20)9-14(12)23/h3-9,21-23H,2H2,1H3. The van der Waals surface area contributed by atoms with Crippen LogP contribution in [0.1, 0.15) is 12.5 Å². The molecular formula is C19H15N3O4. The lowest BCUT2D eigenvalue weighted by molar-refractivity contribution is 0.342. The van der Waals surface area contributed by atoms with Gasteiger partial charge in [0.25, 0.3) is 10.9 Å². The number of rotatable bonds is 6. The topological polar surface area (TPSA) is 111 Å². The molecular weight excluding hydrogens is 334 g/mol. The Bertz CT molecular complexity index is 1080. The molecule has 130 valence electrons. The summed E-state index contributed by atoms with van der Waals surface area (Å²) in [5.41, 5.74) is -0.169. The lowest BCUT2D eigenvalue weighted by Gasteiger charge is -2.17. The summed E-state index contributed by atoms with van der Waals surface area (Å²) in [6.45, 7) is 2.30. The molecule has 7 heteroatoms. The summed E-state index contributed by atoms with van der Waals surface area (Å²) in [6, 6.07) is 13.2. The minimum atomic E-state index is -0.690. The number of phenolic OH excluding ortho intramolecular Hbond substituents is 1. The van der Waals surface area contributed by atoms with E-state index in [1.54, 1.807) is 24.3 Å². The third-order valence-corrected chi connectivity index (χ3v) is 3.74. The van der Waals surface area contributed by atoms with Crippen LogP contribution >= 0.6 is 0 Å². The Morgan fingerprint density at radius 1 is 1.04 bits per heavy atom. The van der Waals surface area contributed by atoms with Gasteiger partial charge in [0.05, 0.1) is 29.6 Å². The van der Waals surface area contributed by atoms with Gasteiger partial charge in [-0.25, -0.2) is 0 Å². The van der Waals surface area contributed by atoms with Crippen molar-refractivity contribution in [1.29, 1.82) is 5.26 Å². The molecule has 7 nitrogen and oxygen atoms in total. The average Bonchev–Trinajstić information content (AvgIpc) is 2.66. The van der Waals surface area contributed by atoms with E-state index < -0.39 is 10.9 Å². The number of ether oxygens (including phenoxy) is 1. The second-order valence-corrected chi connectivity index (χ2v) is 5.43. The van der Waals surface area contributed by atoms with Gasteiger partial charge in [0.1, 0.15) is 22.9 Å². The van der Waals surface area contributed by atoms with Crippen LogP contribution in [0.5, 0.6) is 11.5 Å². The van der Waals surface area contributed by atoms with E-state index in [9.17, 15) is 14.7 Å². The molecule has 3 aromatic rings. The van der Waals surface area contributed by atoms with Crippen LogP contribution in [0.4, 0.5) is 22.7 Å². The molecule has 0 aromatic heterocycles. The number of nitrogens with zero attached hydrogens (tertiary/aromatic N) is 1. The molecule has 0 heterocycles. The van der Waals surface area contributed by atoms with E-state index in [1.807, 2.05) is 13.0 Å². The quantitative estimate of drug-likeness (QED) is 0.463. The molecule has 0 aliphatic carbocycles. The van der Waals surface area contributed by atoms with Crippen molar-refractivity contribution < 1.29 is 9.84 Å². The van der Waals surface area contributed by atoms with Crippen LogP contribution in [0, 0.1) is 11.3 Å². The highest BCUT2D eigenvalue weighted by atomic mass is 16.5. The van der Waals surface area contributed by atoms with Crippen LogP contribution < -0.4 is 26.2 Å². The predicted molar refractivity (Wildman–Crippen MR) is 98.4 cm³/mol. The van der Waals surface area contributed by atoms with Crippen molar-refractivity contribution in [3.05, 3.63) is 68.5 Å². The van der Waals surface area contributed by atoms with Crippen molar-refractivity contribution in [2.24, 2.45) is 0 Å². The molecule has 26 heavy (non-hydrogen) atoms. The first-order valence-electron chi connectivity index (χ1n) is 7.87. The molecule has 0 radical (unpaired) electrons. The molecule has 0 saturated carbocycles. The molecule has 0 amide bonds. The molecule has 0 bridgehead atoms. The zero-order valence-electron chi connectivity index (χ0n) is 13.9. The molecule has 3 N–H and O–H groups in total. The maximum atomic E-state index is 12.0. The number of nitrogens with one attached hydrogen (secondary N) is 2. The van der Waals surface area contributed by atoms with Crippen molar-refractivity contribution in [2.75, 3.05) is 17.2 Å². The first-order valence-corrected chi connectivity index (χ1v) is 7.87. The van der Waals surface area contributed by atoms with E-state index in [1.165, 1.54) is 18.2 Å². The van der Waals surface area contributed by atoms with Crippen LogP contribution in [-0.2, 0) is 0 Å². The van der Waals surface area contributed by atoms with E-state index in [2.05, 4.69) is 10.6 Å². The molecule has 0 unspecified atom stereocenters. The summed E-state index contributed by atoms with van der Waals surface area (Å²) < 4.78 is 5.49. The van der Waals surface area contributed by atoms with Gasteiger partial charge in [0, 0.05) is 0 Å². The molecule has 0 saturated heterocycles. The lowest BCUT2D eigenvalue weighted by Crippen LogP contribution is -2.35. The van der Waals surface area contributed by atoms with Crippen LogP contribution in [0.25, 0.3) is 0 Å². The van der Waals surface area contributed by atoms with Gasteiger partial charge in [-0.2, -0.15) is 5.26 Å². The maximum absolute atomic E-state index is 12.0. The second kappa shape index (κ2) is 6.99. The highest BCUT2D eigenvalue weighted by Gasteiger charge is 2.23. The smallest absolute Gasteiger partial charge is 0.253 e. The van der Waals surface area contributed by atoms with E-state index in [0.29, 0.717) is 18.0 Å². The number of para-hydroxylation sites is 2. The Labute approximate surface area is 148 Å². The van der Waals surface area contributed by atoms with Crippen molar-refractivity contribution in [3.63, 3.8) is 0 Å². The minimum absolute atomic E-state index is 0.0429. The SMILES string of the molecule is CCOc1ccccc1Nc1c(Nc2ccc(C#N)cc2O)c(=O)c1=O. The maximum Gasteiger partial charge on any atom is 0.253 e. The fourth-order valence-corrected chi connectivity index (χ4v) is 2.46. The Morgan fingerprint density at radius 3 is 2.31 bits per heavy atom. The van der Waals surface area contributed by atoms with E-state index >= 15 is 0 Å². The molecule has 3 aromatic carbocycles. The van der Waals surface area contributed by atoms with Crippen LogP contribution in [0.15, 0.2) is 52.1 Å². The Hall–Kier alpha value is -3.79. The number of nitriles is 1. The van der Waals surface area contributed by atoms with Gasteiger partial charge in [-0.05, 0) is 37.3 Å². The van der Waals surface area contributed by atoms with Crippen LogP contribution in [0.2, 0.25) is 0 Å². The first kappa shape index (κ1) is 17.0. The fraction of sp³-hybridized carbons (Fsp3) is 0.105. The van der Waals surface area contributed by atoms with Gasteiger partial charge < -0.3 is 20.5 Å². The summed E-state index contributed by atoms with van der Waals surface area (Å²) >= 11 is 0. The zero-order valence-corrected chi connectivity index (χ0v) is 13.9. The monoisotopic (exact) mass is 349 g/mol. The highest BCUT2D eigenvalue weighted by Crippen LogP contribution is 2.32. The zero-order chi connectivity index (χ0) is 18.7. The van der Waals surface area contributed by atoms with Crippen LogP contribution in [-0.4, -0.2) is 11.7 Å². The average molecular weight is 349 g/mol. The van der Waals surface area contributed by atoms with Crippen molar-refractivity contribution >= 4 is 22.7 Å². The number of aromatic hydroxyl groups is 1. The number of phenols is 1.